The second-order valence-electron chi connectivity index (χ2n) is 5.36. The molecule has 0 aliphatic rings. The minimum Gasteiger partial charge on any atom is -0.441 e. The Balaban J connectivity index is 1.74. The van der Waals surface area contributed by atoms with Gasteiger partial charge in [-0.2, -0.15) is 0 Å². The highest BCUT2D eigenvalue weighted by Crippen LogP contribution is 2.20. The largest absolute Gasteiger partial charge is 0.441 e. The van der Waals surface area contributed by atoms with Gasteiger partial charge in [-0.15, -0.1) is 0 Å². The summed E-state index contributed by atoms with van der Waals surface area (Å²) in [5, 5.41) is 2.94. The van der Waals surface area contributed by atoms with Gasteiger partial charge in [0.15, 0.2) is 11.7 Å². The second-order valence-corrected chi connectivity index (χ2v) is 5.36. The smallest absolute Gasteiger partial charge is 0.220 e. The number of nitrogens with one attached hydrogen (secondary N) is 1. The predicted octanol–water partition coefficient (Wildman–Crippen LogP) is 2.73. The van der Waals surface area contributed by atoms with E-state index in [-0.39, 0.29) is 5.91 Å². The zero-order valence-electron chi connectivity index (χ0n) is 13.9. The average molecular weight is 315 g/mol. The second kappa shape index (κ2) is 9.10. The number of amides is 1. The van der Waals surface area contributed by atoms with Crippen LogP contribution in [0, 0.1) is 0 Å². The molecular formula is C18H25N3O2. The first-order valence-corrected chi connectivity index (χ1v) is 8.22. The lowest BCUT2D eigenvalue weighted by molar-refractivity contribution is -0.121. The molecule has 124 valence electrons. The lowest BCUT2D eigenvalue weighted by atomic mass is 10.2. The maximum absolute atomic E-state index is 11.9. The number of benzene rings is 1. The molecule has 0 spiro atoms. The van der Waals surface area contributed by atoms with Gasteiger partial charge in [-0.05, 0) is 13.1 Å². The molecule has 1 amide bonds. The molecule has 0 aliphatic carbocycles. The van der Waals surface area contributed by atoms with Crippen LogP contribution in [-0.4, -0.2) is 42.0 Å². The quantitative estimate of drug-likeness (QED) is 0.773. The molecule has 1 heterocycles. The molecule has 2 aromatic rings. The normalized spacial score (nSPS) is 10.9. The number of hydrogen-bond donors (Lipinski definition) is 1. The summed E-state index contributed by atoms with van der Waals surface area (Å²) in [6.45, 7) is 7.82. The lowest BCUT2D eigenvalue weighted by Gasteiger charge is -2.17. The number of rotatable bonds is 9. The molecule has 2 rings (SSSR count). The molecule has 5 nitrogen and oxygen atoms in total. The van der Waals surface area contributed by atoms with Crippen molar-refractivity contribution in [2.45, 2.75) is 26.7 Å². The number of hydrogen-bond acceptors (Lipinski definition) is 4. The highest BCUT2D eigenvalue weighted by atomic mass is 16.4. The van der Waals surface area contributed by atoms with E-state index in [2.05, 4.69) is 29.0 Å². The summed E-state index contributed by atoms with van der Waals surface area (Å²) < 4.78 is 5.70. The zero-order chi connectivity index (χ0) is 16.5. The SMILES string of the molecule is CCN(CC)CCNC(=O)CCc1ncc(-c2ccccc2)o1. The molecule has 23 heavy (non-hydrogen) atoms. The molecule has 1 aromatic heterocycles. The molecule has 0 aliphatic heterocycles. The molecule has 0 atom stereocenters. The first kappa shape index (κ1) is 17.2. The summed E-state index contributed by atoms with van der Waals surface area (Å²) in [6, 6.07) is 9.83. The Bertz CT molecular complexity index is 591. The number of oxazole rings is 1. The highest BCUT2D eigenvalue weighted by molar-refractivity contribution is 5.76. The third-order valence-corrected chi connectivity index (χ3v) is 3.82. The van der Waals surface area contributed by atoms with Crippen LogP contribution in [0.4, 0.5) is 0 Å². The fraction of sp³-hybridized carbons (Fsp3) is 0.444. The van der Waals surface area contributed by atoms with Gasteiger partial charge < -0.3 is 14.6 Å². The molecular weight excluding hydrogens is 290 g/mol. The summed E-state index contributed by atoms with van der Waals surface area (Å²) in [5.41, 5.74) is 0.995. The van der Waals surface area contributed by atoms with Crippen molar-refractivity contribution >= 4 is 5.91 Å². The fourth-order valence-corrected chi connectivity index (χ4v) is 2.36. The van der Waals surface area contributed by atoms with Crippen LogP contribution >= 0.6 is 0 Å². The minimum atomic E-state index is 0.0385. The van der Waals surface area contributed by atoms with Crippen molar-refractivity contribution in [2.24, 2.45) is 0 Å². The first-order valence-electron chi connectivity index (χ1n) is 8.22. The Morgan fingerprint density at radius 2 is 1.96 bits per heavy atom. The standard InChI is InChI=1S/C18H25N3O2/c1-3-21(4-2)13-12-19-17(22)10-11-18-20-14-16(23-18)15-8-6-5-7-9-15/h5-9,14H,3-4,10-13H2,1-2H3,(H,19,22). The summed E-state index contributed by atoms with van der Waals surface area (Å²) in [6.07, 6.45) is 2.62. The van der Waals surface area contributed by atoms with Gasteiger partial charge in [-0.3, -0.25) is 4.79 Å². The molecule has 0 unspecified atom stereocenters. The predicted molar refractivity (Wildman–Crippen MR) is 91.1 cm³/mol. The van der Waals surface area contributed by atoms with Crippen molar-refractivity contribution in [3.05, 3.63) is 42.4 Å². The van der Waals surface area contributed by atoms with Crippen molar-refractivity contribution in [3.8, 4) is 11.3 Å². The first-order chi connectivity index (χ1) is 11.2. The highest BCUT2D eigenvalue weighted by Gasteiger charge is 2.09. The van der Waals surface area contributed by atoms with Crippen LogP contribution in [-0.2, 0) is 11.2 Å². The van der Waals surface area contributed by atoms with Crippen LogP contribution in [0.5, 0.6) is 0 Å². The van der Waals surface area contributed by atoms with Crippen LogP contribution in [0.15, 0.2) is 40.9 Å². The van der Waals surface area contributed by atoms with Gasteiger partial charge in [0.25, 0.3) is 0 Å². The number of carbonyl (C=O) groups excluding carboxylic acids is 1. The van der Waals surface area contributed by atoms with Gasteiger partial charge in [-0.1, -0.05) is 44.2 Å². The van der Waals surface area contributed by atoms with E-state index in [0.29, 0.717) is 25.3 Å². The summed E-state index contributed by atoms with van der Waals surface area (Å²) in [7, 11) is 0. The van der Waals surface area contributed by atoms with E-state index in [1.165, 1.54) is 0 Å². The topological polar surface area (TPSA) is 58.4 Å². The van der Waals surface area contributed by atoms with E-state index >= 15 is 0 Å². The summed E-state index contributed by atoms with van der Waals surface area (Å²) >= 11 is 0. The van der Waals surface area contributed by atoms with Crippen molar-refractivity contribution < 1.29 is 9.21 Å². The van der Waals surface area contributed by atoms with Gasteiger partial charge in [0.2, 0.25) is 5.91 Å². The molecule has 1 aromatic carbocycles. The Morgan fingerprint density at radius 1 is 1.22 bits per heavy atom. The molecule has 0 fully saturated rings. The Hall–Kier alpha value is -2.14. The third-order valence-electron chi connectivity index (χ3n) is 3.82. The maximum Gasteiger partial charge on any atom is 0.220 e. The molecule has 0 radical (unpaired) electrons. The number of aromatic nitrogens is 1. The molecule has 0 saturated carbocycles. The van der Waals surface area contributed by atoms with Crippen molar-refractivity contribution in [1.82, 2.24) is 15.2 Å². The van der Waals surface area contributed by atoms with E-state index in [0.717, 1.165) is 31.0 Å². The fourth-order valence-electron chi connectivity index (χ4n) is 2.36. The van der Waals surface area contributed by atoms with Crippen LogP contribution in [0.2, 0.25) is 0 Å². The number of nitrogens with zero attached hydrogens (tertiary/aromatic N) is 2. The Labute approximate surface area is 137 Å². The third kappa shape index (κ3) is 5.53. The molecule has 5 heteroatoms. The zero-order valence-corrected chi connectivity index (χ0v) is 13.9. The average Bonchev–Trinajstić information content (AvgIpc) is 3.07. The van der Waals surface area contributed by atoms with Gasteiger partial charge in [0, 0.05) is 31.5 Å². The van der Waals surface area contributed by atoms with Crippen LogP contribution in [0.1, 0.15) is 26.2 Å². The van der Waals surface area contributed by atoms with E-state index < -0.39 is 0 Å². The van der Waals surface area contributed by atoms with Gasteiger partial charge in [0.05, 0.1) is 6.20 Å². The Morgan fingerprint density at radius 3 is 2.65 bits per heavy atom. The van der Waals surface area contributed by atoms with Gasteiger partial charge >= 0.3 is 0 Å². The summed E-state index contributed by atoms with van der Waals surface area (Å²) in [5.74, 6) is 1.38. The van der Waals surface area contributed by atoms with Crippen molar-refractivity contribution in [2.75, 3.05) is 26.2 Å². The van der Waals surface area contributed by atoms with E-state index in [1.807, 2.05) is 30.3 Å². The maximum atomic E-state index is 11.9. The number of aryl methyl sites for hydroxylation is 1. The monoisotopic (exact) mass is 315 g/mol. The van der Waals surface area contributed by atoms with Crippen LogP contribution in [0.3, 0.4) is 0 Å². The molecule has 0 bridgehead atoms. The minimum absolute atomic E-state index is 0.0385. The van der Waals surface area contributed by atoms with E-state index in [4.69, 9.17) is 4.42 Å². The lowest BCUT2D eigenvalue weighted by Crippen LogP contribution is -2.34. The number of carbonyl (C=O) groups is 1. The Kier molecular flexibility index (Phi) is 6.81. The van der Waals surface area contributed by atoms with Gasteiger partial charge in [0.1, 0.15) is 0 Å². The van der Waals surface area contributed by atoms with Crippen LogP contribution in [0.25, 0.3) is 11.3 Å². The van der Waals surface area contributed by atoms with E-state index in [1.54, 1.807) is 6.20 Å². The van der Waals surface area contributed by atoms with Crippen molar-refractivity contribution in [1.29, 1.82) is 0 Å². The van der Waals surface area contributed by atoms with E-state index in [9.17, 15) is 4.79 Å². The summed E-state index contributed by atoms with van der Waals surface area (Å²) in [4.78, 5) is 18.4. The molecule has 0 saturated heterocycles. The number of likely N-dealkylation sites (N-methyl/N-ethyl adjacent to an activating group) is 1. The van der Waals surface area contributed by atoms with Gasteiger partial charge in [-0.25, -0.2) is 4.98 Å². The van der Waals surface area contributed by atoms with Crippen molar-refractivity contribution in [3.63, 3.8) is 0 Å². The molecule has 1 N–H and O–H groups in total. The van der Waals surface area contributed by atoms with Crippen LogP contribution < -0.4 is 5.32 Å².